The van der Waals surface area contributed by atoms with Crippen molar-refractivity contribution < 1.29 is 0 Å². The molecule has 0 aliphatic heterocycles. The van der Waals surface area contributed by atoms with Gasteiger partial charge in [0.25, 0.3) is 0 Å². The van der Waals surface area contributed by atoms with Crippen LogP contribution < -0.4 is 5.32 Å². The Morgan fingerprint density at radius 3 is 2.28 bits per heavy atom. The van der Waals surface area contributed by atoms with E-state index in [4.69, 9.17) is 0 Å². The fourth-order valence-corrected chi connectivity index (χ4v) is 2.16. The highest BCUT2D eigenvalue weighted by Gasteiger charge is 2.08. The smallest absolute Gasteiger partial charge is 0.0853 e. The fraction of sp³-hybridized carbons (Fsp3) is 0.538. The molecule has 0 bridgehead atoms. The largest absolute Gasteiger partial charge is 0.378 e. The number of nitrogens with one attached hydrogen (secondary N) is 1. The van der Waals surface area contributed by atoms with Crippen LogP contribution >= 0.6 is 0 Å². The summed E-state index contributed by atoms with van der Waals surface area (Å²) in [6.07, 6.45) is 6.01. The second kappa shape index (κ2) is 5.25. The monoisotopic (exact) mass is 247 g/mol. The molecule has 2 rings (SSSR count). The highest BCUT2D eigenvalue weighted by Crippen LogP contribution is 2.16. The van der Waals surface area contributed by atoms with Crippen molar-refractivity contribution in [3.05, 3.63) is 29.3 Å². The molecular formula is C13H21N5. The van der Waals surface area contributed by atoms with Gasteiger partial charge in [-0.1, -0.05) is 13.8 Å². The molecule has 0 unspecified atom stereocenters. The topological polar surface area (TPSA) is 47.7 Å². The maximum absolute atomic E-state index is 4.45. The third-order valence-electron chi connectivity index (χ3n) is 3.04. The summed E-state index contributed by atoms with van der Waals surface area (Å²) in [5, 5.41) is 12.3. The number of aryl methyl sites for hydroxylation is 4. The average molecular weight is 247 g/mol. The van der Waals surface area contributed by atoms with Gasteiger partial charge in [0.1, 0.15) is 0 Å². The zero-order chi connectivity index (χ0) is 13.1. The lowest BCUT2D eigenvalue weighted by Gasteiger charge is -2.04. The Morgan fingerprint density at radius 2 is 1.61 bits per heavy atom. The maximum Gasteiger partial charge on any atom is 0.0853 e. The van der Waals surface area contributed by atoms with Gasteiger partial charge in [0, 0.05) is 38.6 Å². The van der Waals surface area contributed by atoms with E-state index in [2.05, 4.69) is 35.6 Å². The molecule has 0 aliphatic carbocycles. The minimum atomic E-state index is 0.801. The van der Waals surface area contributed by atoms with Crippen LogP contribution in [0.1, 0.15) is 30.8 Å². The van der Waals surface area contributed by atoms with Gasteiger partial charge in [-0.15, -0.1) is 0 Å². The molecule has 5 heteroatoms. The Morgan fingerprint density at radius 1 is 1.00 bits per heavy atom. The Hall–Kier alpha value is -1.78. The van der Waals surface area contributed by atoms with E-state index in [-0.39, 0.29) is 0 Å². The van der Waals surface area contributed by atoms with Crippen molar-refractivity contribution >= 4 is 5.69 Å². The average Bonchev–Trinajstić information content (AvgIpc) is 2.89. The van der Waals surface area contributed by atoms with E-state index in [0.29, 0.717) is 0 Å². The Labute approximate surface area is 108 Å². The van der Waals surface area contributed by atoms with Crippen molar-refractivity contribution in [3.8, 4) is 0 Å². The third-order valence-corrected chi connectivity index (χ3v) is 3.04. The molecule has 98 valence electrons. The summed E-state index contributed by atoms with van der Waals surface area (Å²) in [5.41, 5.74) is 4.64. The summed E-state index contributed by atoms with van der Waals surface area (Å²) in [6, 6.07) is 0. The van der Waals surface area contributed by atoms with Gasteiger partial charge in [0.15, 0.2) is 0 Å². The van der Waals surface area contributed by atoms with Crippen molar-refractivity contribution in [2.24, 2.45) is 14.1 Å². The van der Waals surface area contributed by atoms with E-state index in [9.17, 15) is 0 Å². The molecule has 1 N–H and O–H groups in total. The first-order valence-electron chi connectivity index (χ1n) is 6.41. The predicted molar refractivity (Wildman–Crippen MR) is 72.5 cm³/mol. The molecule has 2 aromatic rings. The molecule has 2 aromatic heterocycles. The molecular weight excluding hydrogens is 226 g/mol. The SMILES string of the molecule is CCc1nn(C)cc1CNc1cn(C)nc1CC. The van der Waals surface area contributed by atoms with Crippen molar-refractivity contribution in [3.63, 3.8) is 0 Å². The number of aromatic nitrogens is 4. The van der Waals surface area contributed by atoms with Gasteiger partial charge in [-0.2, -0.15) is 10.2 Å². The van der Waals surface area contributed by atoms with Crippen LogP contribution in [0.5, 0.6) is 0 Å². The number of hydrogen-bond donors (Lipinski definition) is 1. The van der Waals surface area contributed by atoms with E-state index in [1.165, 1.54) is 5.56 Å². The van der Waals surface area contributed by atoms with Gasteiger partial charge >= 0.3 is 0 Å². The van der Waals surface area contributed by atoms with E-state index in [0.717, 1.165) is 36.5 Å². The lowest BCUT2D eigenvalue weighted by Crippen LogP contribution is -2.02. The summed E-state index contributed by atoms with van der Waals surface area (Å²) in [7, 11) is 3.91. The molecule has 2 heterocycles. The van der Waals surface area contributed by atoms with Crippen LogP contribution in [0.4, 0.5) is 5.69 Å². The molecule has 0 spiro atoms. The first-order valence-corrected chi connectivity index (χ1v) is 6.41. The second-order valence-electron chi connectivity index (χ2n) is 4.50. The van der Waals surface area contributed by atoms with Crippen molar-refractivity contribution in [2.75, 3.05) is 5.32 Å². The molecule has 18 heavy (non-hydrogen) atoms. The first-order chi connectivity index (χ1) is 8.63. The van der Waals surface area contributed by atoms with Gasteiger partial charge in [0.05, 0.1) is 17.1 Å². The predicted octanol–water partition coefficient (Wildman–Crippen LogP) is 1.89. The molecule has 0 atom stereocenters. The van der Waals surface area contributed by atoms with Crippen LogP contribution in [0.25, 0.3) is 0 Å². The minimum Gasteiger partial charge on any atom is -0.378 e. The van der Waals surface area contributed by atoms with Gasteiger partial charge in [-0.25, -0.2) is 0 Å². The molecule has 0 aromatic carbocycles. The molecule has 0 radical (unpaired) electrons. The Kier molecular flexibility index (Phi) is 3.69. The number of anilines is 1. The minimum absolute atomic E-state index is 0.801. The summed E-state index contributed by atoms with van der Waals surface area (Å²) in [6.45, 7) is 5.05. The van der Waals surface area contributed by atoms with E-state index in [1.54, 1.807) is 0 Å². The first kappa shape index (κ1) is 12.7. The van der Waals surface area contributed by atoms with Gasteiger partial charge in [-0.3, -0.25) is 9.36 Å². The van der Waals surface area contributed by atoms with Gasteiger partial charge < -0.3 is 5.32 Å². The summed E-state index contributed by atoms with van der Waals surface area (Å²) in [4.78, 5) is 0. The quantitative estimate of drug-likeness (QED) is 0.877. The molecule has 0 fully saturated rings. The normalized spacial score (nSPS) is 10.9. The Bertz CT molecular complexity index is 475. The van der Waals surface area contributed by atoms with Crippen molar-refractivity contribution in [1.29, 1.82) is 0 Å². The van der Waals surface area contributed by atoms with Gasteiger partial charge in [-0.05, 0) is 12.8 Å². The van der Waals surface area contributed by atoms with Crippen molar-refractivity contribution in [1.82, 2.24) is 19.6 Å². The Balaban J connectivity index is 2.10. The maximum atomic E-state index is 4.45. The molecule has 0 saturated carbocycles. The third kappa shape index (κ3) is 2.55. The van der Waals surface area contributed by atoms with E-state index < -0.39 is 0 Å². The van der Waals surface area contributed by atoms with Crippen LogP contribution in [0.15, 0.2) is 12.4 Å². The second-order valence-corrected chi connectivity index (χ2v) is 4.50. The van der Waals surface area contributed by atoms with E-state index in [1.807, 2.05) is 29.7 Å². The lowest BCUT2D eigenvalue weighted by atomic mass is 10.2. The zero-order valence-electron chi connectivity index (χ0n) is 11.6. The summed E-state index contributed by atoms with van der Waals surface area (Å²) in [5.74, 6) is 0. The van der Waals surface area contributed by atoms with E-state index >= 15 is 0 Å². The molecule has 0 aliphatic rings. The van der Waals surface area contributed by atoms with Crippen LogP contribution in [-0.4, -0.2) is 19.6 Å². The molecule has 0 amide bonds. The highest BCUT2D eigenvalue weighted by molar-refractivity contribution is 5.47. The van der Waals surface area contributed by atoms with Crippen LogP contribution in [0.3, 0.4) is 0 Å². The molecule has 0 saturated heterocycles. The van der Waals surface area contributed by atoms with Crippen molar-refractivity contribution in [2.45, 2.75) is 33.2 Å². The lowest BCUT2D eigenvalue weighted by molar-refractivity contribution is 0.746. The van der Waals surface area contributed by atoms with Crippen LogP contribution in [-0.2, 0) is 33.5 Å². The number of rotatable bonds is 5. The zero-order valence-corrected chi connectivity index (χ0v) is 11.6. The number of nitrogens with zero attached hydrogens (tertiary/aromatic N) is 4. The molecule has 5 nitrogen and oxygen atoms in total. The number of hydrogen-bond acceptors (Lipinski definition) is 3. The van der Waals surface area contributed by atoms with Gasteiger partial charge in [0.2, 0.25) is 0 Å². The van der Waals surface area contributed by atoms with Crippen LogP contribution in [0, 0.1) is 0 Å². The summed E-state index contributed by atoms with van der Waals surface area (Å²) >= 11 is 0. The standard InChI is InChI=1S/C13H21N5/c1-5-11-10(8-17(3)15-11)7-14-13-9-18(4)16-12(13)6-2/h8-9,14H,5-7H2,1-4H3. The summed E-state index contributed by atoms with van der Waals surface area (Å²) < 4.78 is 3.73. The fourth-order valence-electron chi connectivity index (χ4n) is 2.16. The van der Waals surface area contributed by atoms with Crippen LogP contribution in [0.2, 0.25) is 0 Å². The highest BCUT2D eigenvalue weighted by atomic mass is 15.3.